The van der Waals surface area contributed by atoms with Crippen molar-refractivity contribution in [2.45, 2.75) is 25.8 Å². The molecule has 0 N–H and O–H groups in total. The highest BCUT2D eigenvalue weighted by Gasteiger charge is 2.43. The van der Waals surface area contributed by atoms with Crippen LogP contribution in [0.25, 0.3) is 11.0 Å². The van der Waals surface area contributed by atoms with Gasteiger partial charge in [0.05, 0.1) is 30.7 Å². The fourth-order valence-electron chi connectivity index (χ4n) is 4.40. The number of fused-ring (bicyclic) bond motifs is 2. The lowest BCUT2D eigenvalue weighted by Gasteiger charge is -2.26. The molecule has 7 heteroatoms. The van der Waals surface area contributed by atoms with Gasteiger partial charge in [-0.3, -0.25) is 14.5 Å². The van der Waals surface area contributed by atoms with Gasteiger partial charge in [0.15, 0.2) is 16.9 Å². The molecule has 3 aromatic carbocycles. The predicted octanol–water partition coefficient (Wildman–Crippen LogP) is 5.87. The first-order valence-electron chi connectivity index (χ1n) is 11.5. The molecule has 0 saturated heterocycles. The van der Waals surface area contributed by atoms with E-state index >= 15 is 0 Å². The molecular formula is C28H24FNO5. The highest BCUT2D eigenvalue weighted by molar-refractivity contribution is 6.10. The van der Waals surface area contributed by atoms with Gasteiger partial charge in [0.1, 0.15) is 11.4 Å². The summed E-state index contributed by atoms with van der Waals surface area (Å²) in [6.45, 7) is 2.63. The minimum absolute atomic E-state index is 0.0229. The molecule has 1 aliphatic heterocycles. The summed E-state index contributed by atoms with van der Waals surface area (Å²) in [6.07, 6.45) is 1.90. The summed E-state index contributed by atoms with van der Waals surface area (Å²) < 4.78 is 31.0. The predicted molar refractivity (Wildman–Crippen MR) is 131 cm³/mol. The molecular weight excluding hydrogens is 449 g/mol. The number of hydrogen-bond acceptors (Lipinski definition) is 5. The van der Waals surface area contributed by atoms with E-state index in [4.69, 9.17) is 13.9 Å². The standard InChI is InChI=1S/C28H24FNO5/c1-3-4-15-34-22-14-9-17(16-23(22)33-2)25-24-26(31)20-7-5-6-8-21(20)35-27(24)28(32)30(25)19-12-10-18(29)11-13-19/h5-14,16,25H,3-4,15H2,1-2H3. The Morgan fingerprint density at radius 1 is 1.00 bits per heavy atom. The smallest absolute Gasteiger partial charge is 0.295 e. The van der Waals surface area contributed by atoms with E-state index in [-0.39, 0.29) is 16.8 Å². The maximum Gasteiger partial charge on any atom is 0.295 e. The molecule has 0 aliphatic carbocycles. The molecule has 0 radical (unpaired) electrons. The summed E-state index contributed by atoms with van der Waals surface area (Å²) in [4.78, 5) is 28.7. The van der Waals surface area contributed by atoms with Crippen LogP contribution >= 0.6 is 0 Å². The molecule has 35 heavy (non-hydrogen) atoms. The zero-order chi connectivity index (χ0) is 24.5. The van der Waals surface area contributed by atoms with Gasteiger partial charge >= 0.3 is 0 Å². The van der Waals surface area contributed by atoms with Crippen LogP contribution in [-0.4, -0.2) is 19.6 Å². The molecule has 4 aromatic rings. The van der Waals surface area contributed by atoms with Crippen molar-refractivity contribution in [3.63, 3.8) is 0 Å². The second-order valence-electron chi connectivity index (χ2n) is 8.34. The lowest BCUT2D eigenvalue weighted by Crippen LogP contribution is -2.29. The summed E-state index contributed by atoms with van der Waals surface area (Å²) in [6, 6.07) is 17.0. The van der Waals surface area contributed by atoms with Crippen LogP contribution in [0.2, 0.25) is 0 Å². The molecule has 0 saturated carbocycles. The first-order chi connectivity index (χ1) is 17.0. The van der Waals surface area contributed by atoms with Crippen molar-refractivity contribution < 1.29 is 23.1 Å². The van der Waals surface area contributed by atoms with E-state index in [1.165, 1.54) is 29.2 Å². The largest absolute Gasteiger partial charge is 0.493 e. The van der Waals surface area contributed by atoms with Crippen molar-refractivity contribution in [3.8, 4) is 11.5 Å². The Hall–Kier alpha value is -4.13. The summed E-state index contributed by atoms with van der Waals surface area (Å²) in [7, 11) is 1.54. The third-order valence-electron chi connectivity index (χ3n) is 6.14. The summed E-state index contributed by atoms with van der Waals surface area (Å²) in [5, 5.41) is 0.386. The van der Waals surface area contributed by atoms with Gasteiger partial charge in [-0.25, -0.2) is 4.39 Å². The number of amides is 1. The number of nitrogens with zero attached hydrogens (tertiary/aromatic N) is 1. The van der Waals surface area contributed by atoms with Crippen LogP contribution in [0.1, 0.15) is 47.5 Å². The average molecular weight is 474 g/mol. The average Bonchev–Trinajstić information content (AvgIpc) is 3.17. The van der Waals surface area contributed by atoms with Crippen molar-refractivity contribution >= 4 is 22.6 Å². The Morgan fingerprint density at radius 3 is 2.51 bits per heavy atom. The quantitative estimate of drug-likeness (QED) is 0.314. The van der Waals surface area contributed by atoms with Gasteiger partial charge in [-0.15, -0.1) is 0 Å². The van der Waals surface area contributed by atoms with Crippen molar-refractivity contribution in [2.75, 3.05) is 18.6 Å². The molecule has 1 unspecified atom stereocenters. The van der Waals surface area contributed by atoms with Crippen LogP contribution in [0.5, 0.6) is 11.5 Å². The number of hydrogen-bond donors (Lipinski definition) is 0. The minimum atomic E-state index is -0.789. The molecule has 2 heterocycles. The second kappa shape index (κ2) is 9.25. The number of methoxy groups -OCH3 is 1. The number of halogens is 1. The van der Waals surface area contributed by atoms with Gasteiger partial charge in [0.2, 0.25) is 5.76 Å². The summed E-state index contributed by atoms with van der Waals surface area (Å²) in [5.41, 5.74) is 1.37. The Labute approximate surface area is 201 Å². The monoisotopic (exact) mass is 473 g/mol. The number of anilines is 1. The lowest BCUT2D eigenvalue weighted by molar-refractivity contribution is 0.0971. The fourth-order valence-corrected chi connectivity index (χ4v) is 4.40. The van der Waals surface area contributed by atoms with E-state index in [1.807, 2.05) is 6.07 Å². The van der Waals surface area contributed by atoms with Crippen LogP contribution < -0.4 is 19.8 Å². The molecule has 178 valence electrons. The number of carbonyl (C=O) groups excluding carboxylic acids is 1. The van der Waals surface area contributed by atoms with E-state index in [1.54, 1.807) is 43.5 Å². The van der Waals surface area contributed by atoms with E-state index in [0.717, 1.165) is 12.8 Å². The summed E-state index contributed by atoms with van der Waals surface area (Å²) >= 11 is 0. The molecule has 1 amide bonds. The second-order valence-corrected chi connectivity index (χ2v) is 8.34. The molecule has 1 atom stereocenters. The lowest BCUT2D eigenvalue weighted by atomic mass is 9.97. The van der Waals surface area contributed by atoms with Gasteiger partial charge in [0, 0.05) is 5.69 Å². The zero-order valence-electron chi connectivity index (χ0n) is 19.4. The maximum atomic E-state index is 13.7. The van der Waals surface area contributed by atoms with Crippen LogP contribution in [-0.2, 0) is 0 Å². The van der Waals surface area contributed by atoms with Crippen molar-refractivity contribution in [1.82, 2.24) is 0 Å². The summed E-state index contributed by atoms with van der Waals surface area (Å²) in [5.74, 6) is 0.147. The number of rotatable bonds is 7. The third-order valence-corrected chi connectivity index (χ3v) is 6.14. The normalized spacial score (nSPS) is 14.9. The first kappa shape index (κ1) is 22.7. The Morgan fingerprint density at radius 2 is 1.77 bits per heavy atom. The topological polar surface area (TPSA) is 69.0 Å². The van der Waals surface area contributed by atoms with E-state index < -0.39 is 17.8 Å². The highest BCUT2D eigenvalue weighted by atomic mass is 19.1. The number of benzene rings is 3. The van der Waals surface area contributed by atoms with Crippen molar-refractivity contribution in [3.05, 3.63) is 99.7 Å². The van der Waals surface area contributed by atoms with E-state index in [2.05, 4.69) is 6.92 Å². The van der Waals surface area contributed by atoms with Crippen LogP contribution in [0.4, 0.5) is 10.1 Å². The van der Waals surface area contributed by atoms with E-state index in [0.29, 0.717) is 40.3 Å². The number of carbonyl (C=O) groups is 1. The SMILES string of the molecule is CCCCOc1ccc(C2c3c(oc4ccccc4c3=O)C(=O)N2c2ccc(F)cc2)cc1OC. The van der Waals surface area contributed by atoms with Crippen LogP contribution in [0.3, 0.4) is 0 Å². The molecule has 1 aliphatic rings. The molecule has 0 spiro atoms. The number of unbranched alkanes of at least 4 members (excludes halogenated alkanes) is 1. The van der Waals surface area contributed by atoms with E-state index in [9.17, 15) is 14.0 Å². The number of ether oxygens (including phenoxy) is 2. The Kier molecular flexibility index (Phi) is 5.99. The molecule has 0 bridgehead atoms. The third kappa shape index (κ3) is 3.93. The van der Waals surface area contributed by atoms with Crippen molar-refractivity contribution in [2.24, 2.45) is 0 Å². The van der Waals surface area contributed by atoms with Gasteiger partial charge in [-0.05, 0) is 60.5 Å². The fraction of sp³-hybridized carbons (Fsp3) is 0.214. The maximum absolute atomic E-state index is 13.7. The van der Waals surface area contributed by atoms with Gasteiger partial charge < -0.3 is 13.9 Å². The highest BCUT2D eigenvalue weighted by Crippen LogP contribution is 2.43. The minimum Gasteiger partial charge on any atom is -0.493 e. The van der Waals surface area contributed by atoms with Crippen LogP contribution in [0, 0.1) is 5.82 Å². The molecule has 5 rings (SSSR count). The Balaban J connectivity index is 1.70. The van der Waals surface area contributed by atoms with Crippen molar-refractivity contribution in [1.29, 1.82) is 0 Å². The molecule has 6 nitrogen and oxygen atoms in total. The Bertz CT molecular complexity index is 1460. The van der Waals surface area contributed by atoms with Gasteiger partial charge in [-0.2, -0.15) is 0 Å². The van der Waals surface area contributed by atoms with Gasteiger partial charge in [0.25, 0.3) is 5.91 Å². The van der Waals surface area contributed by atoms with Crippen LogP contribution in [0.15, 0.2) is 75.9 Å². The molecule has 0 fully saturated rings. The van der Waals surface area contributed by atoms with Gasteiger partial charge in [-0.1, -0.05) is 31.5 Å². The number of para-hydroxylation sites is 1. The first-order valence-corrected chi connectivity index (χ1v) is 11.5. The zero-order valence-corrected chi connectivity index (χ0v) is 19.4. The molecule has 1 aromatic heterocycles.